The molecule has 5 nitrogen and oxygen atoms in total. The van der Waals surface area contributed by atoms with Crippen LogP contribution in [0.5, 0.6) is 0 Å². The van der Waals surface area contributed by atoms with E-state index in [0.29, 0.717) is 12.4 Å². The first kappa shape index (κ1) is 12.9. The molecule has 2 heterocycles. The Morgan fingerprint density at radius 1 is 1.42 bits per heavy atom. The first-order valence-corrected chi connectivity index (χ1v) is 8.71. The fourth-order valence-corrected chi connectivity index (χ4v) is 4.70. The molecule has 102 valence electrons. The van der Waals surface area contributed by atoms with Crippen molar-refractivity contribution in [2.24, 2.45) is 0 Å². The molecule has 3 rings (SSSR count). The molecule has 2 aromatic rings. The Kier molecular flexibility index (Phi) is 3.05. The van der Waals surface area contributed by atoms with Crippen molar-refractivity contribution in [2.75, 3.05) is 17.2 Å². The number of nitrogen functional groups attached to an aromatic ring is 1. The number of hydrogen-bond donors (Lipinski definition) is 1. The zero-order valence-corrected chi connectivity index (χ0v) is 12.6. The SMILES string of the molecule is Nc1nc2cc(Br)ccc2n1C1CCCS(=O)(=O)C1. The maximum atomic E-state index is 11.8. The lowest BCUT2D eigenvalue weighted by Gasteiger charge is -2.24. The molecule has 0 aliphatic carbocycles. The molecule has 19 heavy (non-hydrogen) atoms. The summed E-state index contributed by atoms with van der Waals surface area (Å²) < 4.78 is 26.3. The number of rotatable bonds is 1. The van der Waals surface area contributed by atoms with E-state index < -0.39 is 9.84 Å². The van der Waals surface area contributed by atoms with Crippen LogP contribution < -0.4 is 5.73 Å². The monoisotopic (exact) mass is 343 g/mol. The van der Waals surface area contributed by atoms with Gasteiger partial charge in [0.05, 0.1) is 28.6 Å². The van der Waals surface area contributed by atoms with E-state index in [9.17, 15) is 8.42 Å². The summed E-state index contributed by atoms with van der Waals surface area (Å²) in [6.07, 6.45) is 1.51. The molecule has 0 saturated carbocycles. The topological polar surface area (TPSA) is 78.0 Å². The van der Waals surface area contributed by atoms with Crippen molar-refractivity contribution in [3.05, 3.63) is 22.7 Å². The van der Waals surface area contributed by atoms with E-state index >= 15 is 0 Å². The van der Waals surface area contributed by atoms with E-state index in [1.165, 1.54) is 0 Å². The highest BCUT2D eigenvalue weighted by Gasteiger charge is 2.28. The number of anilines is 1. The Bertz CT molecular complexity index is 739. The number of halogens is 1. The number of fused-ring (bicyclic) bond motifs is 1. The van der Waals surface area contributed by atoms with Crippen molar-refractivity contribution in [1.82, 2.24) is 9.55 Å². The van der Waals surface area contributed by atoms with Crippen LogP contribution in [0.25, 0.3) is 11.0 Å². The van der Waals surface area contributed by atoms with E-state index in [-0.39, 0.29) is 17.5 Å². The minimum atomic E-state index is -2.96. The lowest BCUT2D eigenvalue weighted by molar-refractivity contribution is 0.483. The van der Waals surface area contributed by atoms with Gasteiger partial charge in [0.25, 0.3) is 0 Å². The zero-order chi connectivity index (χ0) is 13.6. The maximum absolute atomic E-state index is 11.8. The minimum Gasteiger partial charge on any atom is -0.369 e. The highest BCUT2D eigenvalue weighted by molar-refractivity contribution is 9.10. The molecule has 0 radical (unpaired) electrons. The second-order valence-electron chi connectivity index (χ2n) is 4.88. The van der Waals surface area contributed by atoms with Gasteiger partial charge in [-0.3, -0.25) is 0 Å². The molecule has 1 aliphatic heterocycles. The summed E-state index contributed by atoms with van der Waals surface area (Å²) in [7, 11) is -2.96. The van der Waals surface area contributed by atoms with Crippen molar-refractivity contribution < 1.29 is 8.42 Å². The van der Waals surface area contributed by atoms with Gasteiger partial charge in [-0.1, -0.05) is 15.9 Å². The van der Waals surface area contributed by atoms with Gasteiger partial charge < -0.3 is 10.3 Å². The molecular formula is C12H14BrN3O2S. The summed E-state index contributed by atoms with van der Waals surface area (Å²) in [4.78, 5) is 4.31. The van der Waals surface area contributed by atoms with Gasteiger partial charge in [-0.15, -0.1) is 0 Å². The van der Waals surface area contributed by atoms with Crippen LogP contribution >= 0.6 is 15.9 Å². The molecule has 1 fully saturated rings. The van der Waals surface area contributed by atoms with Gasteiger partial charge in [0.1, 0.15) is 0 Å². The number of nitrogens with two attached hydrogens (primary N) is 1. The number of nitrogens with zero attached hydrogens (tertiary/aromatic N) is 2. The molecule has 1 atom stereocenters. The summed E-state index contributed by atoms with van der Waals surface area (Å²) in [5.41, 5.74) is 7.64. The largest absolute Gasteiger partial charge is 0.369 e. The summed E-state index contributed by atoms with van der Waals surface area (Å²) in [5.74, 6) is 0.815. The average molecular weight is 344 g/mol. The molecule has 0 bridgehead atoms. The number of hydrogen-bond acceptors (Lipinski definition) is 4. The minimum absolute atomic E-state index is 0.107. The fourth-order valence-electron chi connectivity index (χ4n) is 2.68. The summed E-state index contributed by atoms with van der Waals surface area (Å²) >= 11 is 3.39. The van der Waals surface area contributed by atoms with E-state index in [4.69, 9.17) is 5.73 Å². The first-order chi connectivity index (χ1) is 8.96. The molecule has 1 aromatic heterocycles. The normalized spacial score (nSPS) is 22.7. The average Bonchev–Trinajstić information content (AvgIpc) is 2.62. The molecule has 0 spiro atoms. The lowest BCUT2D eigenvalue weighted by Crippen LogP contribution is -2.28. The Morgan fingerprint density at radius 3 is 2.95 bits per heavy atom. The highest BCUT2D eigenvalue weighted by atomic mass is 79.9. The Labute approximate surface area is 119 Å². The van der Waals surface area contributed by atoms with E-state index in [1.807, 2.05) is 22.8 Å². The predicted molar refractivity (Wildman–Crippen MR) is 78.8 cm³/mol. The smallest absolute Gasteiger partial charge is 0.201 e. The first-order valence-electron chi connectivity index (χ1n) is 6.10. The third-order valence-corrected chi connectivity index (χ3v) is 5.78. The van der Waals surface area contributed by atoms with Gasteiger partial charge in [-0.05, 0) is 31.0 Å². The van der Waals surface area contributed by atoms with Crippen LogP contribution in [-0.2, 0) is 9.84 Å². The number of aromatic nitrogens is 2. The third kappa shape index (κ3) is 2.36. The Morgan fingerprint density at radius 2 is 2.21 bits per heavy atom. The molecule has 1 aromatic carbocycles. The van der Waals surface area contributed by atoms with Crippen molar-refractivity contribution in [2.45, 2.75) is 18.9 Å². The Balaban J connectivity index is 2.12. The van der Waals surface area contributed by atoms with E-state index in [2.05, 4.69) is 20.9 Å². The van der Waals surface area contributed by atoms with Crippen molar-refractivity contribution in [3.63, 3.8) is 0 Å². The highest BCUT2D eigenvalue weighted by Crippen LogP contribution is 2.31. The van der Waals surface area contributed by atoms with Gasteiger partial charge in [0.2, 0.25) is 5.95 Å². The standard InChI is InChI=1S/C12H14BrN3O2S/c13-8-3-4-11-10(6-8)15-12(14)16(11)9-2-1-5-19(17,18)7-9/h3-4,6,9H,1-2,5,7H2,(H2,14,15). The van der Waals surface area contributed by atoms with Gasteiger partial charge >= 0.3 is 0 Å². The molecule has 7 heteroatoms. The molecule has 0 amide bonds. The van der Waals surface area contributed by atoms with Crippen molar-refractivity contribution in [3.8, 4) is 0 Å². The van der Waals surface area contributed by atoms with Gasteiger partial charge in [0.15, 0.2) is 9.84 Å². The Hall–Kier alpha value is -1.08. The van der Waals surface area contributed by atoms with Gasteiger partial charge in [0, 0.05) is 4.47 Å². The maximum Gasteiger partial charge on any atom is 0.201 e. The number of sulfone groups is 1. The van der Waals surface area contributed by atoms with Crippen LogP contribution in [0, 0.1) is 0 Å². The molecule has 2 N–H and O–H groups in total. The van der Waals surface area contributed by atoms with Crippen LogP contribution in [0.2, 0.25) is 0 Å². The second-order valence-corrected chi connectivity index (χ2v) is 8.03. The van der Waals surface area contributed by atoms with Crippen molar-refractivity contribution >= 4 is 42.7 Å². The van der Waals surface area contributed by atoms with Gasteiger partial charge in [-0.2, -0.15) is 0 Å². The third-order valence-electron chi connectivity index (χ3n) is 3.48. The van der Waals surface area contributed by atoms with E-state index in [0.717, 1.165) is 21.9 Å². The second kappa shape index (κ2) is 4.49. The summed E-state index contributed by atoms with van der Waals surface area (Å²) in [5, 5.41) is 0. The fraction of sp³-hybridized carbons (Fsp3) is 0.417. The van der Waals surface area contributed by atoms with Crippen LogP contribution in [0.3, 0.4) is 0 Å². The van der Waals surface area contributed by atoms with Crippen LogP contribution in [0.15, 0.2) is 22.7 Å². The van der Waals surface area contributed by atoms with Crippen LogP contribution in [0.1, 0.15) is 18.9 Å². The van der Waals surface area contributed by atoms with Gasteiger partial charge in [-0.25, -0.2) is 13.4 Å². The quantitative estimate of drug-likeness (QED) is 0.860. The number of benzene rings is 1. The molecule has 1 unspecified atom stereocenters. The van der Waals surface area contributed by atoms with Crippen LogP contribution in [0.4, 0.5) is 5.95 Å². The molecular weight excluding hydrogens is 330 g/mol. The number of imidazole rings is 1. The molecule has 1 saturated heterocycles. The summed E-state index contributed by atoms with van der Waals surface area (Å²) in [6.45, 7) is 0. The zero-order valence-electron chi connectivity index (χ0n) is 10.2. The van der Waals surface area contributed by atoms with Crippen LogP contribution in [-0.4, -0.2) is 29.5 Å². The summed E-state index contributed by atoms with van der Waals surface area (Å²) in [6, 6.07) is 5.62. The predicted octanol–water partition coefficient (Wildman–Crippen LogP) is 2.13. The lowest BCUT2D eigenvalue weighted by atomic mass is 10.2. The van der Waals surface area contributed by atoms with Crippen molar-refractivity contribution in [1.29, 1.82) is 0 Å². The van der Waals surface area contributed by atoms with E-state index in [1.54, 1.807) is 0 Å². The molecule has 1 aliphatic rings.